The van der Waals surface area contributed by atoms with Gasteiger partial charge in [0.15, 0.2) is 0 Å². The van der Waals surface area contributed by atoms with E-state index in [1.807, 2.05) is 25.2 Å². The Bertz CT molecular complexity index is 478. The molecule has 1 aromatic carbocycles. The van der Waals surface area contributed by atoms with Crippen molar-refractivity contribution in [1.82, 2.24) is 10.2 Å². The van der Waals surface area contributed by atoms with Crippen molar-refractivity contribution in [2.75, 3.05) is 13.6 Å². The van der Waals surface area contributed by atoms with E-state index < -0.39 is 0 Å². The maximum Gasteiger partial charge on any atom is 0.234 e. The average molecular weight is 353 g/mol. The van der Waals surface area contributed by atoms with Crippen molar-refractivity contribution in [2.24, 2.45) is 5.92 Å². The minimum absolute atomic E-state index is 0.142. The summed E-state index contributed by atoms with van der Waals surface area (Å²) in [7, 11) is 1.99. The Morgan fingerprint density at radius 2 is 2.05 bits per heavy atom. The van der Waals surface area contributed by atoms with E-state index in [1.54, 1.807) is 0 Å². The molecule has 0 heterocycles. The highest BCUT2D eigenvalue weighted by Gasteiger charge is 2.23. The molecule has 1 amide bonds. The van der Waals surface area contributed by atoms with Gasteiger partial charge in [-0.15, -0.1) is 0 Å². The molecule has 2 rings (SSSR count). The van der Waals surface area contributed by atoms with E-state index in [2.05, 4.69) is 39.1 Å². The Morgan fingerprint density at radius 1 is 1.33 bits per heavy atom. The number of halogens is 1. The topological polar surface area (TPSA) is 32.3 Å². The Labute approximate surface area is 136 Å². The molecule has 2 atom stereocenters. The van der Waals surface area contributed by atoms with Crippen LogP contribution in [0.2, 0.25) is 0 Å². The first-order chi connectivity index (χ1) is 10.1. The summed E-state index contributed by atoms with van der Waals surface area (Å²) in [5, 5.41) is 3.21. The summed E-state index contributed by atoms with van der Waals surface area (Å²) < 4.78 is 1.10. The zero-order valence-electron chi connectivity index (χ0n) is 12.9. The molecular formula is C17H25BrN2O. The highest BCUT2D eigenvalue weighted by atomic mass is 79.9. The zero-order chi connectivity index (χ0) is 15.2. The molecule has 0 saturated heterocycles. The lowest BCUT2D eigenvalue weighted by molar-refractivity contribution is -0.123. The zero-order valence-corrected chi connectivity index (χ0v) is 14.5. The number of nitrogens with zero attached hydrogens (tertiary/aromatic N) is 1. The van der Waals surface area contributed by atoms with Gasteiger partial charge < -0.3 is 5.32 Å². The standard InChI is InChI=1S/C17H25BrN2O/c1-13-7-3-6-10-16(13)19-17(21)12-20(2)11-14-8-4-5-9-15(14)18/h4-5,8-9,13,16H,3,6-7,10-12H2,1-2H3,(H,19,21). The third-order valence-electron chi connectivity index (χ3n) is 4.27. The van der Waals surface area contributed by atoms with Gasteiger partial charge in [-0.05, 0) is 37.4 Å². The summed E-state index contributed by atoms with van der Waals surface area (Å²) in [6, 6.07) is 8.51. The number of rotatable bonds is 5. The SMILES string of the molecule is CC1CCCCC1NC(=O)CN(C)Cc1ccccc1Br. The second kappa shape index (κ2) is 7.95. The molecule has 1 fully saturated rings. The van der Waals surface area contributed by atoms with Gasteiger partial charge in [-0.1, -0.05) is 53.9 Å². The van der Waals surface area contributed by atoms with Crippen molar-refractivity contribution in [3.05, 3.63) is 34.3 Å². The van der Waals surface area contributed by atoms with Gasteiger partial charge in [0.2, 0.25) is 5.91 Å². The van der Waals surface area contributed by atoms with Crippen molar-refractivity contribution in [3.8, 4) is 0 Å². The van der Waals surface area contributed by atoms with Gasteiger partial charge >= 0.3 is 0 Å². The lowest BCUT2D eigenvalue weighted by Crippen LogP contribution is -2.44. The third-order valence-corrected chi connectivity index (χ3v) is 5.04. The van der Waals surface area contributed by atoms with Gasteiger partial charge in [-0.2, -0.15) is 0 Å². The molecule has 0 spiro atoms. The van der Waals surface area contributed by atoms with Gasteiger partial charge in [-0.25, -0.2) is 0 Å². The highest BCUT2D eigenvalue weighted by Crippen LogP contribution is 2.23. The van der Waals surface area contributed by atoms with Crippen LogP contribution in [0.3, 0.4) is 0 Å². The number of amides is 1. The Balaban J connectivity index is 1.80. The molecule has 4 heteroatoms. The van der Waals surface area contributed by atoms with E-state index in [4.69, 9.17) is 0 Å². The Hall–Kier alpha value is -0.870. The summed E-state index contributed by atoms with van der Waals surface area (Å²) >= 11 is 3.55. The lowest BCUT2D eigenvalue weighted by atomic mass is 9.86. The fraction of sp³-hybridized carbons (Fsp3) is 0.588. The molecule has 0 aromatic heterocycles. The van der Waals surface area contributed by atoms with Crippen molar-refractivity contribution in [3.63, 3.8) is 0 Å². The maximum absolute atomic E-state index is 12.2. The molecule has 0 bridgehead atoms. The largest absolute Gasteiger partial charge is 0.352 e. The van der Waals surface area contributed by atoms with Gasteiger partial charge in [0.1, 0.15) is 0 Å². The molecule has 1 aromatic rings. The third kappa shape index (κ3) is 5.11. The monoisotopic (exact) mass is 352 g/mol. The molecule has 1 N–H and O–H groups in total. The molecule has 0 aliphatic heterocycles. The summed E-state index contributed by atoms with van der Waals surface area (Å²) in [5.74, 6) is 0.750. The van der Waals surface area contributed by atoms with E-state index in [1.165, 1.54) is 24.8 Å². The summed E-state index contributed by atoms with van der Waals surface area (Å²) in [5.41, 5.74) is 1.21. The van der Waals surface area contributed by atoms with Crippen LogP contribution in [0.4, 0.5) is 0 Å². The second-order valence-electron chi connectivity index (χ2n) is 6.20. The quantitative estimate of drug-likeness (QED) is 0.878. The summed E-state index contributed by atoms with van der Waals surface area (Å²) in [4.78, 5) is 14.2. The number of hydrogen-bond donors (Lipinski definition) is 1. The van der Waals surface area contributed by atoms with Gasteiger partial charge in [-0.3, -0.25) is 9.69 Å². The van der Waals surface area contributed by atoms with Crippen LogP contribution in [0.1, 0.15) is 38.2 Å². The van der Waals surface area contributed by atoms with Crippen LogP contribution < -0.4 is 5.32 Å². The van der Waals surface area contributed by atoms with Crippen LogP contribution in [0.5, 0.6) is 0 Å². The number of nitrogens with one attached hydrogen (secondary N) is 1. The van der Waals surface area contributed by atoms with Crippen LogP contribution in [0, 0.1) is 5.92 Å². The van der Waals surface area contributed by atoms with E-state index in [0.29, 0.717) is 18.5 Å². The average Bonchev–Trinajstić information content (AvgIpc) is 2.44. The summed E-state index contributed by atoms with van der Waals surface area (Å²) in [6.07, 6.45) is 4.90. The van der Waals surface area contributed by atoms with E-state index in [-0.39, 0.29) is 5.91 Å². The van der Waals surface area contributed by atoms with E-state index in [9.17, 15) is 4.79 Å². The predicted molar refractivity (Wildman–Crippen MR) is 90.0 cm³/mol. The fourth-order valence-corrected chi connectivity index (χ4v) is 3.41. The first kappa shape index (κ1) is 16.5. The highest BCUT2D eigenvalue weighted by molar-refractivity contribution is 9.10. The van der Waals surface area contributed by atoms with Crippen molar-refractivity contribution in [2.45, 2.75) is 45.2 Å². The molecule has 0 radical (unpaired) electrons. The van der Waals surface area contributed by atoms with Crippen LogP contribution in [0.15, 0.2) is 28.7 Å². The molecule has 1 saturated carbocycles. The van der Waals surface area contributed by atoms with E-state index >= 15 is 0 Å². The number of hydrogen-bond acceptors (Lipinski definition) is 2. The van der Waals surface area contributed by atoms with Crippen LogP contribution in [-0.2, 0) is 11.3 Å². The van der Waals surface area contributed by atoms with Crippen LogP contribution >= 0.6 is 15.9 Å². The molecule has 116 valence electrons. The number of carbonyl (C=O) groups excluding carboxylic acids is 1. The molecular weight excluding hydrogens is 328 g/mol. The molecule has 2 unspecified atom stereocenters. The van der Waals surface area contributed by atoms with Gasteiger partial charge in [0.25, 0.3) is 0 Å². The first-order valence-electron chi connectivity index (χ1n) is 7.77. The normalized spacial score (nSPS) is 22.3. The Kier molecular flexibility index (Phi) is 6.24. The molecule has 1 aliphatic rings. The van der Waals surface area contributed by atoms with Crippen molar-refractivity contribution >= 4 is 21.8 Å². The minimum atomic E-state index is 0.142. The second-order valence-corrected chi connectivity index (χ2v) is 7.05. The number of carbonyl (C=O) groups is 1. The summed E-state index contributed by atoms with van der Waals surface area (Å²) in [6.45, 7) is 3.47. The fourth-order valence-electron chi connectivity index (χ4n) is 3.00. The van der Waals surface area contributed by atoms with Crippen molar-refractivity contribution in [1.29, 1.82) is 0 Å². The van der Waals surface area contributed by atoms with Crippen LogP contribution in [-0.4, -0.2) is 30.4 Å². The smallest absolute Gasteiger partial charge is 0.234 e. The number of benzene rings is 1. The molecule has 21 heavy (non-hydrogen) atoms. The van der Waals surface area contributed by atoms with Crippen molar-refractivity contribution < 1.29 is 4.79 Å². The minimum Gasteiger partial charge on any atom is -0.352 e. The van der Waals surface area contributed by atoms with Gasteiger partial charge in [0.05, 0.1) is 6.54 Å². The first-order valence-corrected chi connectivity index (χ1v) is 8.57. The lowest BCUT2D eigenvalue weighted by Gasteiger charge is -2.30. The molecule has 3 nitrogen and oxygen atoms in total. The molecule has 1 aliphatic carbocycles. The Morgan fingerprint density at radius 3 is 2.76 bits per heavy atom. The van der Waals surface area contributed by atoms with Crippen LogP contribution in [0.25, 0.3) is 0 Å². The van der Waals surface area contributed by atoms with Gasteiger partial charge in [0, 0.05) is 17.1 Å². The predicted octanol–water partition coefficient (Wildman–Crippen LogP) is 3.58. The maximum atomic E-state index is 12.2. The van der Waals surface area contributed by atoms with E-state index in [0.717, 1.165) is 17.4 Å². The number of likely N-dealkylation sites (N-methyl/N-ethyl adjacent to an activating group) is 1.